The molecule has 0 aliphatic rings. The van der Waals surface area contributed by atoms with Crippen molar-refractivity contribution >= 4 is 29.0 Å². The first-order chi connectivity index (χ1) is 9.65. The maximum absolute atomic E-state index is 9.15. The summed E-state index contributed by atoms with van der Waals surface area (Å²) in [6.07, 6.45) is 1.97. The van der Waals surface area contributed by atoms with Crippen molar-refractivity contribution in [3.05, 3.63) is 53.6 Å². The third kappa shape index (κ3) is 3.30. The largest absolute Gasteiger partial charge is 0.457 e. The van der Waals surface area contributed by atoms with E-state index in [2.05, 4.69) is 0 Å². The zero-order valence-electron chi connectivity index (χ0n) is 11.0. The zero-order chi connectivity index (χ0) is 14.5. The number of aliphatic hydroxyl groups is 1. The summed E-state index contributed by atoms with van der Waals surface area (Å²) in [7, 11) is 0. The molecule has 3 nitrogen and oxygen atoms in total. The van der Waals surface area contributed by atoms with Gasteiger partial charge in [0, 0.05) is 4.90 Å². The Bertz CT molecular complexity index is 629. The van der Waals surface area contributed by atoms with Crippen molar-refractivity contribution in [3.63, 3.8) is 0 Å². The molecule has 0 saturated heterocycles. The van der Waals surface area contributed by atoms with E-state index in [4.69, 9.17) is 27.8 Å². The highest BCUT2D eigenvalue weighted by Crippen LogP contribution is 2.32. The minimum atomic E-state index is -0.0236. The van der Waals surface area contributed by atoms with E-state index in [0.29, 0.717) is 16.5 Å². The van der Waals surface area contributed by atoms with Crippen molar-refractivity contribution < 1.29 is 9.84 Å². The SMILES string of the molecule is CSc1cccc(Oc2cccc(CO)c2)c1C(N)=S. The lowest BCUT2D eigenvalue weighted by molar-refractivity contribution is 0.281. The maximum Gasteiger partial charge on any atom is 0.138 e. The molecule has 0 atom stereocenters. The summed E-state index contributed by atoms with van der Waals surface area (Å²) in [4.78, 5) is 1.29. The number of ether oxygens (including phenoxy) is 1. The van der Waals surface area contributed by atoms with Crippen LogP contribution in [0.5, 0.6) is 11.5 Å². The van der Waals surface area contributed by atoms with Crippen LogP contribution in [-0.2, 0) is 6.61 Å². The molecule has 3 N–H and O–H groups in total. The molecule has 0 unspecified atom stereocenters. The summed E-state index contributed by atoms with van der Waals surface area (Å²) in [5.41, 5.74) is 7.33. The first kappa shape index (κ1) is 14.8. The minimum absolute atomic E-state index is 0.0236. The Morgan fingerprint density at radius 2 is 2.05 bits per heavy atom. The van der Waals surface area contributed by atoms with Gasteiger partial charge in [0.1, 0.15) is 16.5 Å². The summed E-state index contributed by atoms with van der Waals surface area (Å²) >= 11 is 6.68. The van der Waals surface area contributed by atoms with E-state index in [1.165, 1.54) is 0 Å². The van der Waals surface area contributed by atoms with E-state index in [1.807, 2.05) is 42.7 Å². The number of thioether (sulfide) groups is 1. The second-order valence-corrected chi connectivity index (χ2v) is 5.39. The molecule has 0 bridgehead atoms. The van der Waals surface area contributed by atoms with Crippen LogP contribution in [0, 0.1) is 0 Å². The van der Waals surface area contributed by atoms with Gasteiger partial charge in [0.15, 0.2) is 0 Å². The number of rotatable bonds is 5. The Hall–Kier alpha value is -1.56. The average Bonchev–Trinajstić information content (AvgIpc) is 2.46. The highest BCUT2D eigenvalue weighted by Gasteiger charge is 2.12. The van der Waals surface area contributed by atoms with Gasteiger partial charge in [0.05, 0.1) is 12.2 Å². The first-order valence-electron chi connectivity index (χ1n) is 6.00. The fourth-order valence-corrected chi connectivity index (χ4v) is 2.75. The van der Waals surface area contributed by atoms with Crippen molar-refractivity contribution in [1.29, 1.82) is 0 Å². The van der Waals surface area contributed by atoms with Gasteiger partial charge in [0.25, 0.3) is 0 Å². The standard InChI is InChI=1S/C15H15NO2S2/c1-20-13-7-3-6-12(14(13)15(16)19)18-11-5-2-4-10(8-11)9-17/h2-8,17H,9H2,1H3,(H2,16,19). The van der Waals surface area contributed by atoms with Crippen molar-refractivity contribution in [2.24, 2.45) is 5.73 Å². The van der Waals surface area contributed by atoms with Crippen molar-refractivity contribution in [3.8, 4) is 11.5 Å². The second kappa shape index (κ2) is 6.74. The quantitative estimate of drug-likeness (QED) is 0.655. The molecule has 0 radical (unpaired) electrons. The van der Waals surface area contributed by atoms with E-state index in [1.54, 1.807) is 17.8 Å². The number of nitrogens with two attached hydrogens (primary N) is 1. The molecule has 20 heavy (non-hydrogen) atoms. The van der Waals surface area contributed by atoms with Crippen LogP contribution >= 0.6 is 24.0 Å². The lowest BCUT2D eigenvalue weighted by atomic mass is 10.2. The lowest BCUT2D eigenvalue weighted by Crippen LogP contribution is -2.12. The van der Waals surface area contributed by atoms with E-state index in [-0.39, 0.29) is 6.61 Å². The molecular formula is C15H15NO2S2. The summed E-state index contributed by atoms with van der Waals surface area (Å²) in [5, 5.41) is 9.15. The highest BCUT2D eigenvalue weighted by atomic mass is 32.2. The minimum Gasteiger partial charge on any atom is -0.457 e. The van der Waals surface area contributed by atoms with Crippen LogP contribution in [-0.4, -0.2) is 16.4 Å². The van der Waals surface area contributed by atoms with E-state index >= 15 is 0 Å². The number of aliphatic hydroxyl groups excluding tert-OH is 1. The summed E-state index contributed by atoms with van der Waals surface area (Å²) in [6.45, 7) is -0.0236. The van der Waals surface area contributed by atoms with Gasteiger partial charge >= 0.3 is 0 Å². The van der Waals surface area contributed by atoms with E-state index < -0.39 is 0 Å². The molecule has 0 aliphatic carbocycles. The van der Waals surface area contributed by atoms with Gasteiger partial charge in [-0.15, -0.1) is 11.8 Å². The summed E-state index contributed by atoms with van der Waals surface area (Å²) in [5.74, 6) is 1.27. The Kier molecular flexibility index (Phi) is 5.00. The average molecular weight is 305 g/mol. The van der Waals surface area contributed by atoms with Gasteiger partial charge in [-0.05, 0) is 36.1 Å². The molecule has 0 saturated carbocycles. The van der Waals surface area contributed by atoms with Crippen LogP contribution in [0.2, 0.25) is 0 Å². The first-order valence-corrected chi connectivity index (χ1v) is 7.63. The van der Waals surface area contributed by atoms with Crippen LogP contribution in [0.15, 0.2) is 47.4 Å². The molecule has 5 heteroatoms. The molecule has 2 aromatic carbocycles. The molecule has 0 spiro atoms. The van der Waals surface area contributed by atoms with Crippen LogP contribution in [0.3, 0.4) is 0 Å². The molecule has 2 aromatic rings. The van der Waals surface area contributed by atoms with Gasteiger partial charge in [-0.1, -0.05) is 30.4 Å². The fourth-order valence-electron chi connectivity index (χ4n) is 1.84. The number of hydrogen-bond acceptors (Lipinski definition) is 4. The molecule has 2 rings (SSSR count). The molecule has 104 valence electrons. The van der Waals surface area contributed by atoms with Crippen LogP contribution in [0.4, 0.5) is 0 Å². The molecule has 0 heterocycles. The van der Waals surface area contributed by atoms with E-state index in [9.17, 15) is 0 Å². The van der Waals surface area contributed by atoms with Gasteiger partial charge in [-0.2, -0.15) is 0 Å². The predicted octanol–water partition coefficient (Wildman–Crippen LogP) is 3.33. The van der Waals surface area contributed by atoms with Crippen LogP contribution < -0.4 is 10.5 Å². The fraction of sp³-hybridized carbons (Fsp3) is 0.133. The topological polar surface area (TPSA) is 55.5 Å². The smallest absolute Gasteiger partial charge is 0.138 e. The molecule has 0 amide bonds. The van der Waals surface area contributed by atoms with E-state index in [0.717, 1.165) is 16.0 Å². The Balaban J connectivity index is 2.40. The van der Waals surface area contributed by atoms with Gasteiger partial charge in [-0.3, -0.25) is 0 Å². The number of benzene rings is 2. The third-order valence-electron chi connectivity index (χ3n) is 2.76. The van der Waals surface area contributed by atoms with Crippen molar-refractivity contribution in [2.75, 3.05) is 6.26 Å². The summed E-state index contributed by atoms with van der Waals surface area (Å²) in [6, 6.07) is 13.0. The van der Waals surface area contributed by atoms with Gasteiger partial charge in [0.2, 0.25) is 0 Å². The molecular weight excluding hydrogens is 290 g/mol. The molecule has 0 fully saturated rings. The number of hydrogen-bond donors (Lipinski definition) is 2. The summed E-state index contributed by atoms with van der Waals surface area (Å²) < 4.78 is 5.86. The maximum atomic E-state index is 9.15. The predicted molar refractivity (Wildman–Crippen MR) is 86.5 cm³/mol. The number of thiocarbonyl (C=S) groups is 1. The lowest BCUT2D eigenvalue weighted by Gasteiger charge is -2.13. The van der Waals surface area contributed by atoms with Gasteiger partial charge in [-0.25, -0.2) is 0 Å². The Morgan fingerprint density at radius 1 is 1.30 bits per heavy atom. The molecule has 0 aromatic heterocycles. The van der Waals surface area contributed by atoms with Gasteiger partial charge < -0.3 is 15.6 Å². The Labute approximate surface area is 127 Å². The zero-order valence-corrected chi connectivity index (χ0v) is 12.6. The normalized spacial score (nSPS) is 10.3. The Morgan fingerprint density at radius 3 is 2.70 bits per heavy atom. The van der Waals surface area contributed by atoms with Crippen molar-refractivity contribution in [2.45, 2.75) is 11.5 Å². The highest BCUT2D eigenvalue weighted by molar-refractivity contribution is 7.98. The second-order valence-electron chi connectivity index (χ2n) is 4.11. The van der Waals surface area contributed by atoms with Crippen molar-refractivity contribution in [1.82, 2.24) is 0 Å². The van der Waals surface area contributed by atoms with Crippen LogP contribution in [0.1, 0.15) is 11.1 Å². The van der Waals surface area contributed by atoms with Crippen LogP contribution in [0.25, 0.3) is 0 Å². The monoisotopic (exact) mass is 305 g/mol. The third-order valence-corrected chi connectivity index (χ3v) is 3.75. The molecule has 0 aliphatic heterocycles.